The van der Waals surface area contributed by atoms with Crippen molar-refractivity contribution in [3.05, 3.63) is 48.5 Å². The monoisotopic (exact) mass is 194 g/mol. The van der Waals surface area contributed by atoms with Crippen LogP contribution in [0.5, 0.6) is 0 Å². The molecule has 0 aliphatic carbocycles. The van der Waals surface area contributed by atoms with Crippen LogP contribution in [0.15, 0.2) is 48.5 Å². The van der Waals surface area contributed by atoms with E-state index in [9.17, 15) is 0 Å². The molecular weight excluding hydrogens is 179 g/mol. The molecule has 0 aliphatic heterocycles. The zero-order chi connectivity index (χ0) is 10.2. The minimum atomic E-state index is 1.31. The van der Waals surface area contributed by atoms with E-state index in [0.717, 1.165) is 0 Å². The van der Waals surface area contributed by atoms with E-state index in [2.05, 4.69) is 55.5 Å². The Balaban J connectivity index is 0.000000213. The van der Waals surface area contributed by atoms with Crippen LogP contribution < -0.4 is 0 Å². The number of benzene rings is 2. The number of fused-ring (bicyclic) bond motifs is 1. The summed E-state index contributed by atoms with van der Waals surface area (Å²) in [5, 5.41) is 2.62. The fraction of sp³-hybridized carbons (Fsp3) is 0.231. The van der Waals surface area contributed by atoms with Crippen LogP contribution in [-0.2, 0) is 0 Å². The van der Waals surface area contributed by atoms with Gasteiger partial charge in [-0.2, -0.15) is 0 Å². The van der Waals surface area contributed by atoms with Crippen molar-refractivity contribution in [3.8, 4) is 0 Å². The minimum absolute atomic E-state index is 1.31. The summed E-state index contributed by atoms with van der Waals surface area (Å²) in [5.41, 5.74) is 0. The smallest absolute Gasteiger partial charge is 0.0184 e. The van der Waals surface area contributed by atoms with Gasteiger partial charge in [-0.15, -0.1) is 0 Å². The Bertz CT molecular complexity index is 301. The summed E-state index contributed by atoms with van der Waals surface area (Å²) in [5.74, 6) is 0. The second-order valence-corrected chi connectivity index (χ2v) is 4.35. The first-order valence-corrected chi connectivity index (χ1v) is 6.73. The van der Waals surface area contributed by atoms with Gasteiger partial charge in [-0.3, -0.25) is 0 Å². The zero-order valence-electron chi connectivity index (χ0n) is 9.03. The first-order valence-electron chi connectivity index (χ1n) is 5.32. The molecule has 0 amide bonds. The summed E-state index contributed by atoms with van der Waals surface area (Å²) in [6.07, 6.45) is 1.38. The predicted molar refractivity (Wildman–Crippen MR) is 64.8 cm³/mol. The second kappa shape index (κ2) is 7.05. The van der Waals surface area contributed by atoms with Crippen LogP contribution in [-0.4, -0.2) is 27.9 Å². The Morgan fingerprint density at radius 1 is 0.857 bits per heavy atom. The topological polar surface area (TPSA) is 0 Å². The summed E-state index contributed by atoms with van der Waals surface area (Å²) in [6, 6.07) is 16.7. The Hall–Kier alpha value is -0.300. The third-order valence-electron chi connectivity index (χ3n) is 2.16. The molecule has 0 saturated carbocycles. The van der Waals surface area contributed by atoms with Gasteiger partial charge in [-0.05, 0) is 10.8 Å². The van der Waals surface area contributed by atoms with Gasteiger partial charge in [0.25, 0.3) is 0 Å². The quantitative estimate of drug-likeness (QED) is 0.605. The molecular formula is C13H15Na. The first kappa shape index (κ1) is 11.8. The summed E-state index contributed by atoms with van der Waals surface area (Å²) in [6.45, 7) is 2.22. The van der Waals surface area contributed by atoms with Gasteiger partial charge in [0.05, 0.1) is 0 Å². The van der Waals surface area contributed by atoms with Crippen LogP contribution in [0, 0.1) is 0 Å². The summed E-state index contributed by atoms with van der Waals surface area (Å²) < 4.78 is 1.46. The second-order valence-electron chi connectivity index (χ2n) is 3.35. The normalized spacial score (nSPS) is 9.36. The van der Waals surface area contributed by atoms with E-state index in [-0.39, 0.29) is 0 Å². The molecule has 0 bridgehead atoms. The number of hydrogen-bond donors (Lipinski definition) is 0. The maximum atomic E-state index is 2.22. The van der Waals surface area contributed by atoms with Crippen molar-refractivity contribution in [2.75, 3.05) is 0 Å². The maximum Gasteiger partial charge on any atom is -0.0184 e. The van der Waals surface area contributed by atoms with E-state index in [0.29, 0.717) is 0 Å². The van der Waals surface area contributed by atoms with E-state index in [1.807, 2.05) is 0 Å². The van der Waals surface area contributed by atoms with Crippen LogP contribution >= 0.6 is 0 Å². The average Bonchev–Trinajstić information content (AvgIpc) is 2.30. The van der Waals surface area contributed by atoms with Crippen molar-refractivity contribution in [2.45, 2.75) is 17.0 Å². The van der Waals surface area contributed by atoms with Crippen LogP contribution in [0.2, 0.25) is 3.67 Å². The molecule has 1 heteroatoms. The van der Waals surface area contributed by atoms with E-state index in [4.69, 9.17) is 0 Å². The Morgan fingerprint density at radius 2 is 1.14 bits per heavy atom. The van der Waals surface area contributed by atoms with Gasteiger partial charge in [0.15, 0.2) is 0 Å². The number of hydrogen-bond acceptors (Lipinski definition) is 0. The number of rotatable bonds is 1. The summed E-state index contributed by atoms with van der Waals surface area (Å²) in [4.78, 5) is 0. The standard InChI is InChI=1S/C10H8.C3H7.Na/c1-2-6-10-8-4-3-7-9(10)5-1;1-3-2;/h1-8H;1,3H2,2H3;. The van der Waals surface area contributed by atoms with Crippen molar-refractivity contribution >= 4 is 38.7 Å². The van der Waals surface area contributed by atoms with E-state index < -0.39 is 0 Å². The molecule has 0 spiro atoms. The van der Waals surface area contributed by atoms with Gasteiger partial charge in [0, 0.05) is 0 Å². The SMILES string of the molecule is CC[CH2][Na].c1ccc2ccccc2c1. The van der Waals surface area contributed by atoms with Gasteiger partial charge in [0.2, 0.25) is 0 Å². The minimum Gasteiger partial charge on any atom is -0.0616 e. The molecule has 68 valence electrons. The van der Waals surface area contributed by atoms with Gasteiger partial charge in [-0.1, -0.05) is 48.5 Å². The molecule has 0 unspecified atom stereocenters. The van der Waals surface area contributed by atoms with E-state index in [1.54, 1.807) is 0 Å². The fourth-order valence-electron chi connectivity index (χ4n) is 1.13. The Labute approximate surface area is 104 Å². The van der Waals surface area contributed by atoms with Crippen LogP contribution in [0.25, 0.3) is 10.8 Å². The summed E-state index contributed by atoms with van der Waals surface area (Å²) >= 11 is 1.39. The third kappa shape index (κ3) is 3.83. The summed E-state index contributed by atoms with van der Waals surface area (Å²) in [7, 11) is 0. The van der Waals surface area contributed by atoms with Crippen LogP contribution in [0.3, 0.4) is 0 Å². The average molecular weight is 194 g/mol. The molecule has 0 aliphatic rings. The molecule has 2 aromatic carbocycles. The van der Waals surface area contributed by atoms with Crippen molar-refractivity contribution in [1.82, 2.24) is 0 Å². The van der Waals surface area contributed by atoms with E-state index in [1.165, 1.54) is 48.8 Å². The molecule has 2 rings (SSSR count). The van der Waals surface area contributed by atoms with Gasteiger partial charge >= 0.3 is 44.9 Å². The molecule has 14 heavy (non-hydrogen) atoms. The maximum absolute atomic E-state index is 2.22. The molecule has 2 aromatic rings. The van der Waals surface area contributed by atoms with Crippen LogP contribution in [0.4, 0.5) is 0 Å². The molecule has 0 saturated heterocycles. The van der Waals surface area contributed by atoms with Crippen molar-refractivity contribution < 1.29 is 0 Å². The van der Waals surface area contributed by atoms with Crippen LogP contribution in [0.1, 0.15) is 13.3 Å². The van der Waals surface area contributed by atoms with Crippen molar-refractivity contribution in [2.24, 2.45) is 0 Å². The predicted octanol–water partition coefficient (Wildman–Crippen LogP) is 3.82. The van der Waals surface area contributed by atoms with E-state index >= 15 is 0 Å². The van der Waals surface area contributed by atoms with Gasteiger partial charge in [0.1, 0.15) is 0 Å². The molecule has 0 N–H and O–H groups in total. The molecule has 0 aromatic heterocycles. The van der Waals surface area contributed by atoms with Crippen molar-refractivity contribution in [1.29, 1.82) is 0 Å². The van der Waals surface area contributed by atoms with Crippen molar-refractivity contribution in [3.63, 3.8) is 0 Å². The largest absolute Gasteiger partial charge is 0.0616 e. The molecule has 0 radical (unpaired) electrons. The van der Waals surface area contributed by atoms with Gasteiger partial charge < -0.3 is 0 Å². The zero-order valence-corrected chi connectivity index (χ0v) is 11.0. The fourth-order valence-corrected chi connectivity index (χ4v) is 1.13. The Kier molecular flexibility index (Phi) is 5.93. The molecule has 0 fully saturated rings. The third-order valence-corrected chi connectivity index (χ3v) is 3.16. The first-order chi connectivity index (χ1) is 6.88. The molecule has 0 atom stereocenters. The Morgan fingerprint density at radius 3 is 1.36 bits per heavy atom. The van der Waals surface area contributed by atoms with Gasteiger partial charge in [-0.25, -0.2) is 0 Å². The molecule has 0 heterocycles. The molecule has 0 nitrogen and oxygen atoms in total.